The van der Waals surface area contributed by atoms with Crippen LogP contribution in [0.2, 0.25) is 0 Å². The van der Waals surface area contributed by atoms with Crippen LogP contribution < -0.4 is 0 Å². The van der Waals surface area contributed by atoms with Gasteiger partial charge in [-0.1, -0.05) is 0 Å². The Morgan fingerprint density at radius 2 is 2.09 bits per heavy atom. The lowest BCUT2D eigenvalue weighted by Gasteiger charge is -2.30. The monoisotopic (exact) mass is 320 g/mol. The molecule has 0 rings (SSSR count). The fraction of sp³-hybridized carbons (Fsp3) is 0.714. The first-order valence-corrected chi connectivity index (χ1v) is 6.83. The Kier molecular flexibility index (Phi) is 8.66. The zero-order valence-corrected chi connectivity index (χ0v) is 13.5. The highest BCUT2D eigenvalue weighted by atomic mass is 19.1. The molecule has 0 heterocycles. The summed E-state index contributed by atoms with van der Waals surface area (Å²) in [5.74, 6) is 0.110. The smallest absolute Gasteiger partial charge is 0.434 e. The molecule has 2 atom stereocenters. The summed E-state index contributed by atoms with van der Waals surface area (Å²) >= 11 is 0. The highest BCUT2D eigenvalue weighted by Gasteiger charge is 2.32. The molecule has 0 spiro atoms. The van der Waals surface area contributed by atoms with E-state index in [2.05, 4.69) is 11.6 Å². The SMILES string of the molecule is C=C(/N=C\CC(F)[C@@H](CCO)N(O)C(=O)OC(C)(C)C)OC. The van der Waals surface area contributed by atoms with E-state index in [1.165, 1.54) is 13.3 Å². The molecular formula is C14H25FN2O5. The highest BCUT2D eigenvalue weighted by molar-refractivity contribution is 5.67. The van der Waals surface area contributed by atoms with Gasteiger partial charge < -0.3 is 14.6 Å². The van der Waals surface area contributed by atoms with Crippen molar-refractivity contribution in [1.82, 2.24) is 5.06 Å². The highest BCUT2D eigenvalue weighted by Crippen LogP contribution is 2.17. The summed E-state index contributed by atoms with van der Waals surface area (Å²) in [4.78, 5) is 15.5. The van der Waals surface area contributed by atoms with Crippen molar-refractivity contribution in [2.24, 2.45) is 4.99 Å². The molecule has 0 aliphatic heterocycles. The molecule has 0 aliphatic rings. The van der Waals surface area contributed by atoms with Crippen LogP contribution in [0.25, 0.3) is 0 Å². The summed E-state index contributed by atoms with van der Waals surface area (Å²) < 4.78 is 23.8. The van der Waals surface area contributed by atoms with Crippen LogP contribution in [0.1, 0.15) is 33.6 Å². The summed E-state index contributed by atoms with van der Waals surface area (Å²) in [6, 6.07) is -1.25. The number of methoxy groups -OCH3 is 1. The molecule has 0 aromatic heterocycles. The third kappa shape index (κ3) is 7.94. The number of hydrogen-bond acceptors (Lipinski definition) is 6. The number of halogens is 1. The third-order valence-corrected chi connectivity index (χ3v) is 2.54. The Hall–Kier alpha value is -1.67. The fourth-order valence-corrected chi connectivity index (χ4v) is 1.50. The maximum atomic E-state index is 14.2. The molecule has 0 saturated carbocycles. The van der Waals surface area contributed by atoms with Gasteiger partial charge in [0, 0.05) is 19.2 Å². The van der Waals surface area contributed by atoms with Crippen molar-refractivity contribution in [3.05, 3.63) is 12.5 Å². The number of aliphatic hydroxyl groups is 1. The van der Waals surface area contributed by atoms with Gasteiger partial charge >= 0.3 is 6.09 Å². The average molecular weight is 320 g/mol. The number of aliphatic hydroxyl groups excluding tert-OH is 1. The van der Waals surface area contributed by atoms with Crippen molar-refractivity contribution >= 4 is 12.3 Å². The van der Waals surface area contributed by atoms with Gasteiger partial charge in [0.05, 0.1) is 13.2 Å². The molecule has 7 nitrogen and oxygen atoms in total. The molecule has 2 N–H and O–H groups in total. The number of alkyl halides is 1. The Morgan fingerprint density at radius 1 is 1.50 bits per heavy atom. The minimum Gasteiger partial charge on any atom is -0.481 e. The topological polar surface area (TPSA) is 91.6 Å². The van der Waals surface area contributed by atoms with Crippen LogP contribution in [-0.2, 0) is 9.47 Å². The minimum atomic E-state index is -1.64. The molecule has 0 bridgehead atoms. The Morgan fingerprint density at radius 3 is 2.55 bits per heavy atom. The molecule has 8 heteroatoms. The van der Waals surface area contributed by atoms with Crippen molar-refractivity contribution in [3.63, 3.8) is 0 Å². The molecule has 1 unspecified atom stereocenters. The second-order valence-corrected chi connectivity index (χ2v) is 5.57. The van der Waals surface area contributed by atoms with Crippen LogP contribution in [0.15, 0.2) is 17.5 Å². The number of hydrogen-bond donors (Lipinski definition) is 2. The van der Waals surface area contributed by atoms with Gasteiger partial charge in [-0.15, -0.1) is 0 Å². The standard InChI is InChI=1S/C14H25FN2O5/c1-10(21-5)16-8-6-11(15)12(7-9-18)17(20)13(19)22-14(2,3)4/h8,11-12,18,20H,1,6-7,9H2,2-5H3/b16-8-/t11?,12-/m1/s1. The minimum absolute atomic E-state index is 0.110. The van der Waals surface area contributed by atoms with Crippen LogP contribution in [-0.4, -0.2) is 59.2 Å². The van der Waals surface area contributed by atoms with Gasteiger partial charge in [-0.3, -0.25) is 5.21 Å². The van der Waals surface area contributed by atoms with Crippen molar-refractivity contribution in [1.29, 1.82) is 0 Å². The van der Waals surface area contributed by atoms with E-state index in [0.29, 0.717) is 0 Å². The number of carbonyl (C=O) groups is 1. The van der Waals surface area contributed by atoms with Crippen molar-refractivity contribution in [2.75, 3.05) is 13.7 Å². The zero-order valence-electron chi connectivity index (χ0n) is 13.5. The number of aliphatic imine (C=N–C) groups is 1. The van der Waals surface area contributed by atoms with E-state index in [-0.39, 0.29) is 23.8 Å². The lowest BCUT2D eigenvalue weighted by molar-refractivity contribution is -0.137. The van der Waals surface area contributed by atoms with Gasteiger partial charge in [0.15, 0.2) is 0 Å². The molecular weight excluding hydrogens is 295 g/mol. The van der Waals surface area contributed by atoms with E-state index in [4.69, 9.17) is 14.6 Å². The molecule has 0 aromatic rings. The molecule has 128 valence electrons. The predicted molar refractivity (Wildman–Crippen MR) is 79.5 cm³/mol. The quantitative estimate of drug-likeness (QED) is 0.310. The first kappa shape index (κ1) is 20.3. The van der Waals surface area contributed by atoms with Crippen molar-refractivity contribution in [2.45, 2.75) is 51.4 Å². The van der Waals surface area contributed by atoms with Crippen LogP contribution in [0.3, 0.4) is 0 Å². The van der Waals surface area contributed by atoms with E-state index < -0.39 is 30.5 Å². The summed E-state index contributed by atoms with van der Waals surface area (Å²) in [5, 5.41) is 19.0. The Bertz CT molecular complexity index is 395. The van der Waals surface area contributed by atoms with Gasteiger partial charge in [-0.05, 0) is 33.8 Å². The maximum Gasteiger partial charge on any atom is 0.434 e. The summed E-state index contributed by atoms with van der Waals surface area (Å²) in [5.41, 5.74) is -0.828. The summed E-state index contributed by atoms with van der Waals surface area (Å²) in [6.45, 7) is 7.90. The second-order valence-electron chi connectivity index (χ2n) is 5.57. The molecule has 0 saturated heterocycles. The molecule has 0 aromatic carbocycles. The van der Waals surface area contributed by atoms with Gasteiger partial charge in [-0.2, -0.15) is 5.06 Å². The second kappa shape index (κ2) is 9.37. The van der Waals surface area contributed by atoms with Gasteiger partial charge in [-0.25, -0.2) is 14.2 Å². The van der Waals surface area contributed by atoms with Crippen LogP contribution >= 0.6 is 0 Å². The summed E-state index contributed by atoms with van der Waals surface area (Å²) in [6.07, 6.45) is -1.82. The Balaban J connectivity index is 4.78. The van der Waals surface area contributed by atoms with Gasteiger partial charge in [0.25, 0.3) is 0 Å². The van der Waals surface area contributed by atoms with E-state index in [1.54, 1.807) is 20.8 Å². The number of hydroxylamine groups is 2. The van der Waals surface area contributed by atoms with Crippen LogP contribution in [0.5, 0.6) is 0 Å². The lowest BCUT2D eigenvalue weighted by atomic mass is 10.1. The van der Waals surface area contributed by atoms with E-state index in [1.807, 2.05) is 0 Å². The molecule has 0 radical (unpaired) electrons. The fourth-order valence-electron chi connectivity index (χ4n) is 1.50. The van der Waals surface area contributed by atoms with Gasteiger partial charge in [0.1, 0.15) is 11.8 Å². The van der Waals surface area contributed by atoms with Gasteiger partial charge in [0.2, 0.25) is 5.88 Å². The number of ether oxygens (including phenoxy) is 2. The molecule has 0 aliphatic carbocycles. The van der Waals surface area contributed by atoms with Crippen LogP contribution in [0.4, 0.5) is 9.18 Å². The first-order chi connectivity index (χ1) is 10.1. The largest absolute Gasteiger partial charge is 0.481 e. The number of carbonyl (C=O) groups excluding carboxylic acids is 1. The number of nitrogens with zero attached hydrogens (tertiary/aromatic N) is 2. The number of rotatable bonds is 8. The van der Waals surface area contributed by atoms with E-state index >= 15 is 0 Å². The molecule has 1 amide bonds. The first-order valence-electron chi connectivity index (χ1n) is 6.83. The predicted octanol–water partition coefficient (Wildman–Crippen LogP) is 2.28. The molecule has 0 fully saturated rings. The summed E-state index contributed by atoms with van der Waals surface area (Å²) in [7, 11) is 1.37. The lowest BCUT2D eigenvalue weighted by Crippen LogP contribution is -2.46. The average Bonchev–Trinajstić information content (AvgIpc) is 2.41. The van der Waals surface area contributed by atoms with Crippen LogP contribution in [0, 0.1) is 0 Å². The Labute approximate surface area is 130 Å². The normalized spacial score (nSPS) is 14.5. The van der Waals surface area contributed by atoms with E-state index in [0.717, 1.165) is 0 Å². The zero-order chi connectivity index (χ0) is 17.3. The van der Waals surface area contributed by atoms with Crippen molar-refractivity contribution < 1.29 is 29.0 Å². The number of amides is 1. The molecule has 22 heavy (non-hydrogen) atoms. The van der Waals surface area contributed by atoms with Crippen molar-refractivity contribution in [3.8, 4) is 0 Å². The maximum absolute atomic E-state index is 14.2. The third-order valence-electron chi connectivity index (χ3n) is 2.54. The van der Waals surface area contributed by atoms with E-state index in [9.17, 15) is 14.4 Å².